The second-order valence-corrected chi connectivity index (χ2v) is 7.11. The van der Waals surface area contributed by atoms with Crippen molar-refractivity contribution in [1.82, 2.24) is 10.2 Å². The first-order valence-corrected chi connectivity index (χ1v) is 9.23. The van der Waals surface area contributed by atoms with Crippen LogP contribution in [0.15, 0.2) is 48.5 Å². The van der Waals surface area contributed by atoms with E-state index in [-0.39, 0.29) is 30.7 Å². The summed E-state index contributed by atoms with van der Waals surface area (Å²) in [6.45, 7) is 3.96. The van der Waals surface area contributed by atoms with Crippen LogP contribution < -0.4 is 5.32 Å². The van der Waals surface area contributed by atoms with Gasteiger partial charge in [-0.1, -0.05) is 55.6 Å². The van der Waals surface area contributed by atoms with E-state index in [9.17, 15) is 14.0 Å². The number of halogens is 2. The van der Waals surface area contributed by atoms with Crippen molar-refractivity contribution in [3.8, 4) is 12.3 Å². The molecule has 2 rings (SSSR count). The van der Waals surface area contributed by atoms with E-state index >= 15 is 0 Å². The molecule has 1 N–H and O–H groups in total. The minimum Gasteiger partial charge on any atom is -0.340 e. The molecule has 0 saturated carbocycles. The van der Waals surface area contributed by atoms with E-state index in [1.165, 1.54) is 17.0 Å². The number of terminal acetylenes is 1. The summed E-state index contributed by atoms with van der Waals surface area (Å²) in [5, 5.41) is 3.07. The molecule has 0 bridgehead atoms. The Kier molecular flexibility index (Phi) is 7.60. The van der Waals surface area contributed by atoms with E-state index in [4.69, 9.17) is 18.0 Å². The van der Waals surface area contributed by atoms with Gasteiger partial charge in [-0.25, -0.2) is 4.39 Å². The lowest BCUT2D eigenvalue weighted by Gasteiger charge is -2.29. The summed E-state index contributed by atoms with van der Waals surface area (Å²) in [4.78, 5) is 27.2. The SMILES string of the molecule is C#CCN(Cc1ccc(F)cc1)C(=O)C(NC(=O)c1ccccc1Cl)C(C)C. The molecule has 146 valence electrons. The smallest absolute Gasteiger partial charge is 0.253 e. The highest BCUT2D eigenvalue weighted by Gasteiger charge is 2.29. The van der Waals surface area contributed by atoms with Crippen LogP contribution in [0.1, 0.15) is 29.8 Å². The number of carbonyl (C=O) groups excluding carboxylic acids is 2. The summed E-state index contributed by atoms with van der Waals surface area (Å²) in [5.41, 5.74) is 1.04. The lowest BCUT2D eigenvalue weighted by molar-refractivity contribution is -0.134. The van der Waals surface area contributed by atoms with Crippen LogP contribution in [-0.2, 0) is 11.3 Å². The van der Waals surface area contributed by atoms with Crippen molar-refractivity contribution in [3.05, 3.63) is 70.5 Å². The normalized spacial score (nSPS) is 11.6. The van der Waals surface area contributed by atoms with Crippen molar-refractivity contribution in [1.29, 1.82) is 0 Å². The van der Waals surface area contributed by atoms with E-state index in [1.807, 2.05) is 13.8 Å². The second-order valence-electron chi connectivity index (χ2n) is 6.70. The molecule has 2 aromatic rings. The van der Waals surface area contributed by atoms with Gasteiger partial charge in [0.2, 0.25) is 5.91 Å². The van der Waals surface area contributed by atoms with Crippen molar-refractivity contribution >= 4 is 23.4 Å². The second kappa shape index (κ2) is 9.91. The third-order valence-electron chi connectivity index (χ3n) is 4.22. The maximum absolute atomic E-state index is 13.1. The third-order valence-corrected chi connectivity index (χ3v) is 4.55. The third kappa shape index (κ3) is 5.58. The number of carbonyl (C=O) groups is 2. The Bertz CT molecular complexity index is 875. The van der Waals surface area contributed by atoms with Gasteiger partial charge in [-0.05, 0) is 35.7 Å². The highest BCUT2D eigenvalue weighted by atomic mass is 35.5. The number of hydrogen-bond donors (Lipinski definition) is 1. The topological polar surface area (TPSA) is 49.4 Å². The minimum absolute atomic E-state index is 0.0708. The Balaban J connectivity index is 2.20. The van der Waals surface area contributed by atoms with Gasteiger partial charge >= 0.3 is 0 Å². The number of rotatable bonds is 7. The highest BCUT2D eigenvalue weighted by Crippen LogP contribution is 2.17. The Morgan fingerprint density at radius 1 is 1.18 bits per heavy atom. The molecule has 0 heterocycles. The molecule has 4 nitrogen and oxygen atoms in total. The van der Waals surface area contributed by atoms with Crippen molar-refractivity contribution < 1.29 is 14.0 Å². The molecule has 0 saturated heterocycles. The zero-order valence-corrected chi connectivity index (χ0v) is 16.5. The van der Waals surface area contributed by atoms with E-state index in [2.05, 4.69) is 11.2 Å². The average Bonchev–Trinajstić information content (AvgIpc) is 2.67. The zero-order valence-electron chi connectivity index (χ0n) is 15.8. The fourth-order valence-corrected chi connectivity index (χ4v) is 2.93. The highest BCUT2D eigenvalue weighted by molar-refractivity contribution is 6.33. The quantitative estimate of drug-likeness (QED) is 0.717. The summed E-state index contributed by atoms with van der Waals surface area (Å²) in [6, 6.07) is 11.7. The van der Waals surface area contributed by atoms with Crippen molar-refractivity contribution in [3.63, 3.8) is 0 Å². The summed E-state index contributed by atoms with van der Waals surface area (Å²) in [5.74, 6) is 1.20. The molecule has 0 radical (unpaired) electrons. The van der Waals surface area contributed by atoms with Crippen molar-refractivity contribution in [2.75, 3.05) is 6.54 Å². The van der Waals surface area contributed by atoms with Gasteiger partial charge in [-0.15, -0.1) is 6.42 Å². The molecule has 0 aliphatic carbocycles. The molecule has 2 aromatic carbocycles. The predicted molar refractivity (Wildman–Crippen MR) is 108 cm³/mol. The summed E-state index contributed by atoms with van der Waals surface area (Å²) >= 11 is 6.08. The van der Waals surface area contributed by atoms with E-state index in [1.54, 1.807) is 36.4 Å². The molecule has 1 atom stereocenters. The van der Waals surface area contributed by atoms with E-state index in [0.29, 0.717) is 10.6 Å². The lowest BCUT2D eigenvalue weighted by atomic mass is 10.0. The van der Waals surface area contributed by atoms with E-state index < -0.39 is 11.9 Å². The first kappa shape index (κ1) is 21.5. The van der Waals surface area contributed by atoms with Gasteiger partial charge < -0.3 is 10.2 Å². The molecule has 0 aliphatic heterocycles. The van der Waals surface area contributed by atoms with Crippen molar-refractivity contribution in [2.45, 2.75) is 26.4 Å². The molecule has 6 heteroatoms. The van der Waals surface area contributed by atoms with Crippen LogP contribution in [0.25, 0.3) is 0 Å². The summed E-state index contributed by atoms with van der Waals surface area (Å²) in [6.07, 6.45) is 5.42. The number of nitrogens with one attached hydrogen (secondary N) is 1. The Labute approximate surface area is 169 Å². The number of hydrogen-bond acceptors (Lipinski definition) is 2. The molecule has 0 fully saturated rings. The number of benzene rings is 2. The molecule has 28 heavy (non-hydrogen) atoms. The molecular weight excluding hydrogens is 379 g/mol. The zero-order chi connectivity index (χ0) is 20.7. The Morgan fingerprint density at radius 3 is 2.39 bits per heavy atom. The first-order valence-electron chi connectivity index (χ1n) is 8.85. The maximum atomic E-state index is 13.1. The maximum Gasteiger partial charge on any atom is 0.253 e. The van der Waals surface area contributed by atoms with Crippen LogP contribution in [0, 0.1) is 24.1 Å². The largest absolute Gasteiger partial charge is 0.340 e. The molecule has 0 spiro atoms. The van der Waals surface area contributed by atoms with Gasteiger partial charge in [-0.2, -0.15) is 0 Å². The fraction of sp³-hybridized carbons (Fsp3) is 0.273. The van der Waals surface area contributed by atoms with E-state index in [0.717, 1.165) is 5.56 Å². The van der Waals surface area contributed by atoms with Gasteiger partial charge in [0, 0.05) is 6.54 Å². The summed E-state index contributed by atoms with van der Waals surface area (Å²) in [7, 11) is 0. The predicted octanol–water partition coefficient (Wildman–Crippen LogP) is 3.90. The summed E-state index contributed by atoms with van der Waals surface area (Å²) < 4.78 is 13.1. The van der Waals surface area contributed by atoms with Gasteiger partial charge in [0.05, 0.1) is 17.1 Å². The van der Waals surface area contributed by atoms with Crippen LogP contribution >= 0.6 is 11.6 Å². The van der Waals surface area contributed by atoms with Gasteiger partial charge in [-0.3, -0.25) is 9.59 Å². The van der Waals surface area contributed by atoms with Crippen LogP contribution in [0.3, 0.4) is 0 Å². The minimum atomic E-state index is -0.780. The monoisotopic (exact) mass is 400 g/mol. The molecule has 2 amide bonds. The van der Waals surface area contributed by atoms with Gasteiger partial charge in [0.15, 0.2) is 0 Å². The van der Waals surface area contributed by atoms with Crippen LogP contribution in [0.4, 0.5) is 4.39 Å². The van der Waals surface area contributed by atoms with Crippen molar-refractivity contribution in [2.24, 2.45) is 5.92 Å². The Hall–Kier alpha value is -2.84. The fourth-order valence-electron chi connectivity index (χ4n) is 2.71. The number of amides is 2. The molecular formula is C22H22ClFN2O2. The Morgan fingerprint density at radius 2 is 1.82 bits per heavy atom. The van der Waals surface area contributed by atoms with Crippen LogP contribution in [0.2, 0.25) is 5.02 Å². The first-order chi connectivity index (χ1) is 13.3. The molecule has 1 unspecified atom stereocenters. The van der Waals surface area contributed by atoms with Crippen LogP contribution in [-0.4, -0.2) is 29.3 Å². The number of nitrogens with zero attached hydrogens (tertiary/aromatic N) is 1. The molecule has 0 aliphatic rings. The van der Waals surface area contributed by atoms with Gasteiger partial charge in [0.1, 0.15) is 11.9 Å². The lowest BCUT2D eigenvalue weighted by Crippen LogP contribution is -2.51. The standard InChI is InChI=1S/C22H22ClFN2O2/c1-4-13-26(14-16-9-11-17(24)12-10-16)22(28)20(15(2)3)25-21(27)18-7-5-6-8-19(18)23/h1,5-12,15,20H,13-14H2,2-3H3,(H,25,27). The van der Waals surface area contributed by atoms with Gasteiger partial charge in [0.25, 0.3) is 5.91 Å². The molecule has 0 aromatic heterocycles. The average molecular weight is 401 g/mol. The van der Waals surface area contributed by atoms with Crippen LogP contribution in [0.5, 0.6) is 0 Å².